The third-order valence-corrected chi connectivity index (χ3v) is 6.04. The number of hydrazine groups is 1. The Kier molecular flexibility index (Phi) is 4.79. The van der Waals surface area contributed by atoms with Gasteiger partial charge < -0.3 is 10.1 Å². The summed E-state index contributed by atoms with van der Waals surface area (Å²) < 4.78 is 6.86. The average molecular weight is 421 g/mol. The van der Waals surface area contributed by atoms with E-state index in [2.05, 4.69) is 31.5 Å². The van der Waals surface area contributed by atoms with Crippen LogP contribution in [0.15, 0.2) is 41.2 Å². The predicted molar refractivity (Wildman–Crippen MR) is 113 cm³/mol. The Labute approximate surface area is 178 Å². The zero-order valence-corrected chi connectivity index (χ0v) is 17.2. The molecule has 0 radical (unpaired) electrons. The van der Waals surface area contributed by atoms with Gasteiger partial charge >= 0.3 is 0 Å². The number of hydrogen-bond donors (Lipinski definition) is 4. The Morgan fingerprint density at radius 3 is 2.65 bits per heavy atom. The molecule has 0 saturated carbocycles. The van der Waals surface area contributed by atoms with Crippen LogP contribution >= 0.6 is 0 Å². The molecule has 31 heavy (non-hydrogen) atoms. The number of H-pyrrole nitrogens is 1. The summed E-state index contributed by atoms with van der Waals surface area (Å²) in [5, 5.41) is 14.1. The fraction of sp³-hybridized carbons (Fsp3) is 0.333. The molecule has 4 heterocycles. The minimum atomic E-state index is -0.297. The summed E-state index contributed by atoms with van der Waals surface area (Å²) in [6.45, 7) is 2.65. The molecule has 1 aromatic carbocycles. The number of aryl methyl sites for hydroxylation is 1. The van der Waals surface area contributed by atoms with Crippen molar-refractivity contribution in [1.82, 2.24) is 30.8 Å². The maximum atomic E-state index is 12.7. The summed E-state index contributed by atoms with van der Waals surface area (Å²) in [6.07, 6.45) is 0.374. The Balaban J connectivity index is 1.54. The number of carbonyl (C=O) groups excluding carboxylic acids is 1. The van der Waals surface area contributed by atoms with Crippen molar-refractivity contribution in [2.24, 2.45) is 5.92 Å². The number of nitrogens with one attached hydrogen (secondary N) is 4. The summed E-state index contributed by atoms with van der Waals surface area (Å²) >= 11 is 0. The van der Waals surface area contributed by atoms with Gasteiger partial charge in [0, 0.05) is 36.4 Å². The largest absolute Gasteiger partial charge is 0.497 e. The second-order valence-corrected chi connectivity index (χ2v) is 7.84. The number of carbonyl (C=O) groups is 1. The maximum absolute atomic E-state index is 12.7. The van der Waals surface area contributed by atoms with E-state index in [9.17, 15) is 9.59 Å². The number of anilines is 1. The number of rotatable bonds is 4. The highest BCUT2D eigenvalue weighted by atomic mass is 16.5. The number of amides is 1. The Morgan fingerprint density at radius 1 is 1.13 bits per heavy atom. The number of nitrogens with zero attached hydrogens (tertiary/aromatic N) is 3. The van der Waals surface area contributed by atoms with E-state index in [0.717, 1.165) is 29.1 Å². The van der Waals surface area contributed by atoms with Crippen molar-refractivity contribution in [3.63, 3.8) is 0 Å². The van der Waals surface area contributed by atoms with Crippen molar-refractivity contribution < 1.29 is 9.53 Å². The number of ether oxygens (including phenoxy) is 1. The summed E-state index contributed by atoms with van der Waals surface area (Å²) in [5.74, 6) is 1.89. The maximum Gasteiger partial charge on any atom is 0.264 e. The molecule has 1 saturated heterocycles. The predicted octanol–water partition coefficient (Wildman–Crippen LogP) is 1.16. The zero-order valence-electron chi connectivity index (χ0n) is 17.2. The van der Waals surface area contributed by atoms with Gasteiger partial charge in [-0.25, -0.2) is 10.5 Å². The third kappa shape index (κ3) is 3.39. The summed E-state index contributed by atoms with van der Waals surface area (Å²) in [4.78, 5) is 24.1. The van der Waals surface area contributed by atoms with Crippen molar-refractivity contribution >= 4 is 11.7 Å². The topological polar surface area (TPSA) is 126 Å². The standard InChI is InChI=1S/C21H23N7O3/c1-11-19-14(15-10-22-26-20(15)12-3-5-13(31-2)6-4-12)9-18(30)23-21(19)28(27-11)16-7-8-17(29)25-24-16/h3-8,14-15,20,22,26H,9-10H2,1-2H3,(H,23,30)(H,25,29). The van der Waals surface area contributed by atoms with Crippen molar-refractivity contribution in [3.8, 4) is 11.6 Å². The lowest BCUT2D eigenvalue weighted by Gasteiger charge is -2.31. The van der Waals surface area contributed by atoms with Crippen molar-refractivity contribution in [1.29, 1.82) is 0 Å². The number of methoxy groups -OCH3 is 1. The molecule has 2 aliphatic heterocycles. The molecule has 3 atom stereocenters. The first-order valence-electron chi connectivity index (χ1n) is 10.1. The molecular weight excluding hydrogens is 398 g/mol. The highest BCUT2D eigenvalue weighted by Gasteiger charge is 2.42. The SMILES string of the molecule is COc1ccc(C2NNCC2C2CC(=O)Nc3c2c(C)nn3-c2ccc(=O)[nH]n2)cc1. The van der Waals surface area contributed by atoms with Crippen LogP contribution in [0.25, 0.3) is 5.82 Å². The first kappa shape index (κ1) is 19.5. The molecule has 160 valence electrons. The van der Waals surface area contributed by atoms with E-state index < -0.39 is 0 Å². The third-order valence-electron chi connectivity index (χ3n) is 6.04. The number of fused-ring (bicyclic) bond motifs is 1. The first-order valence-corrected chi connectivity index (χ1v) is 10.1. The highest BCUT2D eigenvalue weighted by molar-refractivity contribution is 5.94. The molecular formula is C21H23N7O3. The molecule has 10 heteroatoms. The molecule has 2 aromatic heterocycles. The summed E-state index contributed by atoms with van der Waals surface area (Å²) in [7, 11) is 1.65. The van der Waals surface area contributed by atoms with Crippen molar-refractivity contribution in [2.75, 3.05) is 19.0 Å². The molecule has 3 unspecified atom stereocenters. The average Bonchev–Trinajstić information content (AvgIpc) is 3.39. The molecule has 5 rings (SSSR count). The Morgan fingerprint density at radius 2 is 1.94 bits per heavy atom. The molecule has 0 spiro atoms. The van der Waals surface area contributed by atoms with E-state index in [4.69, 9.17) is 4.74 Å². The normalized spacial score (nSPS) is 22.8. The van der Waals surface area contributed by atoms with Crippen LogP contribution in [0.5, 0.6) is 5.75 Å². The smallest absolute Gasteiger partial charge is 0.264 e. The van der Waals surface area contributed by atoms with Crippen LogP contribution in [0.4, 0.5) is 5.82 Å². The molecule has 0 aliphatic carbocycles. The van der Waals surface area contributed by atoms with E-state index in [-0.39, 0.29) is 29.3 Å². The van der Waals surface area contributed by atoms with E-state index in [0.29, 0.717) is 18.1 Å². The van der Waals surface area contributed by atoms with Crippen LogP contribution in [0, 0.1) is 12.8 Å². The van der Waals surface area contributed by atoms with Gasteiger partial charge in [0.15, 0.2) is 5.82 Å². The second-order valence-electron chi connectivity index (χ2n) is 7.84. The van der Waals surface area contributed by atoms with Gasteiger partial charge in [0.2, 0.25) is 5.91 Å². The second kappa shape index (κ2) is 7.64. The minimum Gasteiger partial charge on any atom is -0.497 e. The van der Waals surface area contributed by atoms with Gasteiger partial charge in [0.25, 0.3) is 5.56 Å². The van der Waals surface area contributed by atoms with Gasteiger partial charge in [0.1, 0.15) is 11.6 Å². The van der Waals surface area contributed by atoms with E-state index in [1.165, 1.54) is 6.07 Å². The van der Waals surface area contributed by atoms with Gasteiger partial charge in [-0.05, 0) is 30.7 Å². The lowest BCUT2D eigenvalue weighted by atomic mass is 9.76. The number of aromatic nitrogens is 4. The van der Waals surface area contributed by atoms with Crippen LogP contribution in [-0.4, -0.2) is 39.5 Å². The van der Waals surface area contributed by atoms with Crippen molar-refractivity contribution in [3.05, 3.63) is 63.6 Å². The fourth-order valence-corrected chi connectivity index (χ4v) is 4.60. The monoisotopic (exact) mass is 421 g/mol. The van der Waals surface area contributed by atoms with Crippen LogP contribution < -0.4 is 26.5 Å². The van der Waals surface area contributed by atoms with Crippen LogP contribution in [-0.2, 0) is 4.79 Å². The molecule has 10 nitrogen and oxygen atoms in total. The van der Waals surface area contributed by atoms with Crippen LogP contribution in [0.2, 0.25) is 0 Å². The Hall–Kier alpha value is -3.50. The quantitative estimate of drug-likeness (QED) is 0.498. The fourth-order valence-electron chi connectivity index (χ4n) is 4.60. The first-order chi connectivity index (χ1) is 15.0. The van der Waals surface area contributed by atoms with Gasteiger partial charge in [-0.2, -0.15) is 14.9 Å². The van der Waals surface area contributed by atoms with Crippen LogP contribution in [0.1, 0.15) is 35.2 Å². The number of aromatic amines is 1. The molecule has 0 bridgehead atoms. The summed E-state index contributed by atoms with van der Waals surface area (Å²) in [6, 6.07) is 11.0. The number of benzene rings is 1. The van der Waals surface area contributed by atoms with Crippen molar-refractivity contribution in [2.45, 2.75) is 25.3 Å². The van der Waals surface area contributed by atoms with Gasteiger partial charge in [-0.1, -0.05) is 12.1 Å². The van der Waals surface area contributed by atoms with E-state index >= 15 is 0 Å². The molecule has 1 fully saturated rings. The molecule has 4 N–H and O–H groups in total. The van der Waals surface area contributed by atoms with Gasteiger partial charge in [-0.3, -0.25) is 15.0 Å². The van der Waals surface area contributed by atoms with E-state index in [1.807, 2.05) is 31.2 Å². The molecule has 2 aliphatic rings. The minimum absolute atomic E-state index is 0.0311. The van der Waals surface area contributed by atoms with Gasteiger partial charge in [-0.15, -0.1) is 0 Å². The molecule has 3 aromatic rings. The lowest BCUT2D eigenvalue weighted by Crippen LogP contribution is -2.31. The Bertz CT molecular complexity index is 1160. The number of hydrogen-bond acceptors (Lipinski definition) is 7. The zero-order chi connectivity index (χ0) is 21.5. The van der Waals surface area contributed by atoms with E-state index in [1.54, 1.807) is 17.9 Å². The van der Waals surface area contributed by atoms with Crippen LogP contribution in [0.3, 0.4) is 0 Å². The summed E-state index contributed by atoms with van der Waals surface area (Å²) in [5.41, 5.74) is 9.28. The highest BCUT2D eigenvalue weighted by Crippen LogP contribution is 2.45. The lowest BCUT2D eigenvalue weighted by molar-refractivity contribution is -0.117. The molecule has 1 amide bonds. The van der Waals surface area contributed by atoms with Gasteiger partial charge in [0.05, 0.1) is 18.8 Å².